The fourth-order valence-corrected chi connectivity index (χ4v) is 1.67. The zero-order valence-electron chi connectivity index (χ0n) is 8.99. The zero-order valence-corrected chi connectivity index (χ0v) is 8.99. The lowest BCUT2D eigenvalue weighted by atomic mass is 10.3. The number of aliphatic hydroxyl groups excluding tert-OH is 1. The maximum Gasteiger partial charge on any atom is 0.221 e. The van der Waals surface area contributed by atoms with Crippen LogP contribution in [0.3, 0.4) is 0 Å². The summed E-state index contributed by atoms with van der Waals surface area (Å²) in [5, 5.41) is 12.1. The first-order valence-corrected chi connectivity index (χ1v) is 5.27. The minimum atomic E-state index is -0.192. The van der Waals surface area contributed by atoms with E-state index in [0.29, 0.717) is 6.42 Å². The molecule has 1 unspecified atom stereocenters. The summed E-state index contributed by atoms with van der Waals surface area (Å²) in [4.78, 5) is 13.4. The SMILES string of the molecule is CC(C)NC(=O)CCN1CCC(O)C1. The number of hydrogen-bond donors (Lipinski definition) is 2. The van der Waals surface area contributed by atoms with Gasteiger partial charge in [0.25, 0.3) is 0 Å². The molecule has 4 heteroatoms. The molecule has 1 fully saturated rings. The van der Waals surface area contributed by atoms with Crippen LogP contribution in [0.25, 0.3) is 0 Å². The van der Waals surface area contributed by atoms with Crippen LogP contribution in [0.2, 0.25) is 0 Å². The van der Waals surface area contributed by atoms with E-state index in [-0.39, 0.29) is 18.1 Å². The summed E-state index contributed by atoms with van der Waals surface area (Å²) in [5.74, 6) is 0.0985. The molecule has 1 aliphatic rings. The number of nitrogens with zero attached hydrogens (tertiary/aromatic N) is 1. The molecule has 0 radical (unpaired) electrons. The molecule has 1 amide bonds. The molecule has 1 saturated heterocycles. The Morgan fingerprint density at radius 2 is 2.36 bits per heavy atom. The van der Waals surface area contributed by atoms with E-state index in [1.807, 2.05) is 13.8 Å². The smallest absolute Gasteiger partial charge is 0.221 e. The van der Waals surface area contributed by atoms with Crippen LogP contribution in [-0.2, 0) is 4.79 Å². The molecule has 1 rings (SSSR count). The number of carbonyl (C=O) groups is 1. The first-order chi connectivity index (χ1) is 6.58. The molecule has 0 aliphatic carbocycles. The highest BCUT2D eigenvalue weighted by Gasteiger charge is 2.20. The highest BCUT2D eigenvalue weighted by Crippen LogP contribution is 2.08. The monoisotopic (exact) mass is 200 g/mol. The number of amides is 1. The quantitative estimate of drug-likeness (QED) is 0.670. The van der Waals surface area contributed by atoms with E-state index in [4.69, 9.17) is 0 Å². The van der Waals surface area contributed by atoms with E-state index in [2.05, 4.69) is 10.2 Å². The molecule has 0 aromatic carbocycles. The van der Waals surface area contributed by atoms with E-state index >= 15 is 0 Å². The fourth-order valence-electron chi connectivity index (χ4n) is 1.67. The number of likely N-dealkylation sites (tertiary alicyclic amines) is 1. The Hall–Kier alpha value is -0.610. The molecule has 4 nitrogen and oxygen atoms in total. The van der Waals surface area contributed by atoms with Crippen LogP contribution >= 0.6 is 0 Å². The lowest BCUT2D eigenvalue weighted by Crippen LogP contribution is -2.33. The van der Waals surface area contributed by atoms with Crippen LogP contribution in [0.1, 0.15) is 26.7 Å². The summed E-state index contributed by atoms with van der Waals surface area (Å²) in [6.07, 6.45) is 1.18. The number of rotatable bonds is 4. The summed E-state index contributed by atoms with van der Waals surface area (Å²) < 4.78 is 0. The van der Waals surface area contributed by atoms with Gasteiger partial charge >= 0.3 is 0 Å². The highest BCUT2D eigenvalue weighted by molar-refractivity contribution is 5.76. The molecular formula is C10H20N2O2. The lowest BCUT2D eigenvalue weighted by Gasteiger charge is -2.15. The number of nitrogens with one attached hydrogen (secondary N) is 1. The number of carbonyl (C=O) groups excluding carboxylic acids is 1. The van der Waals surface area contributed by atoms with Crippen LogP contribution in [0.5, 0.6) is 0 Å². The van der Waals surface area contributed by atoms with Gasteiger partial charge in [-0.15, -0.1) is 0 Å². The number of β-amino-alcohol motifs (C(OH)–C–C–N with tert-alkyl or cyclic N) is 1. The van der Waals surface area contributed by atoms with Gasteiger partial charge in [-0.05, 0) is 20.3 Å². The topological polar surface area (TPSA) is 52.6 Å². The third-order valence-corrected chi connectivity index (χ3v) is 2.35. The van der Waals surface area contributed by atoms with Crippen molar-refractivity contribution in [1.29, 1.82) is 0 Å². The van der Waals surface area contributed by atoms with Gasteiger partial charge in [-0.2, -0.15) is 0 Å². The molecule has 0 bridgehead atoms. The maximum absolute atomic E-state index is 11.3. The van der Waals surface area contributed by atoms with Crippen molar-refractivity contribution in [1.82, 2.24) is 10.2 Å². The van der Waals surface area contributed by atoms with E-state index in [1.54, 1.807) is 0 Å². The molecule has 0 aromatic heterocycles. The van der Waals surface area contributed by atoms with Gasteiger partial charge in [0.2, 0.25) is 5.91 Å². The van der Waals surface area contributed by atoms with Crippen LogP contribution in [0.4, 0.5) is 0 Å². The highest BCUT2D eigenvalue weighted by atomic mass is 16.3. The van der Waals surface area contributed by atoms with E-state index in [9.17, 15) is 9.90 Å². The Balaban J connectivity index is 2.11. The van der Waals surface area contributed by atoms with Crippen molar-refractivity contribution >= 4 is 5.91 Å². The minimum absolute atomic E-state index is 0.0985. The normalized spacial score (nSPS) is 23.0. The summed E-state index contributed by atoms with van der Waals surface area (Å²) >= 11 is 0. The minimum Gasteiger partial charge on any atom is -0.392 e. The van der Waals surface area contributed by atoms with Gasteiger partial charge in [0.15, 0.2) is 0 Å². The average molecular weight is 200 g/mol. The summed E-state index contributed by atoms with van der Waals surface area (Å²) in [7, 11) is 0. The second-order valence-corrected chi connectivity index (χ2v) is 4.22. The maximum atomic E-state index is 11.3. The van der Waals surface area contributed by atoms with Crippen molar-refractivity contribution in [3.8, 4) is 0 Å². The predicted molar refractivity (Wildman–Crippen MR) is 55.0 cm³/mol. The Morgan fingerprint density at radius 1 is 1.64 bits per heavy atom. The summed E-state index contributed by atoms with van der Waals surface area (Å²) in [5.41, 5.74) is 0. The molecule has 1 heterocycles. The standard InChI is InChI=1S/C10H20N2O2/c1-8(2)11-10(14)4-6-12-5-3-9(13)7-12/h8-9,13H,3-7H2,1-2H3,(H,11,14). The van der Waals surface area contributed by atoms with E-state index in [0.717, 1.165) is 26.1 Å². The van der Waals surface area contributed by atoms with Crippen LogP contribution < -0.4 is 5.32 Å². The first-order valence-electron chi connectivity index (χ1n) is 5.27. The Kier molecular flexibility index (Phi) is 4.35. The third-order valence-electron chi connectivity index (χ3n) is 2.35. The van der Waals surface area contributed by atoms with Gasteiger partial charge in [0, 0.05) is 32.1 Å². The summed E-state index contributed by atoms with van der Waals surface area (Å²) in [6.45, 7) is 6.30. The van der Waals surface area contributed by atoms with Crippen molar-refractivity contribution in [3.63, 3.8) is 0 Å². The second-order valence-electron chi connectivity index (χ2n) is 4.22. The summed E-state index contributed by atoms with van der Waals surface area (Å²) in [6, 6.07) is 0.215. The fraction of sp³-hybridized carbons (Fsp3) is 0.900. The van der Waals surface area contributed by atoms with Crippen LogP contribution in [0, 0.1) is 0 Å². The van der Waals surface area contributed by atoms with Crippen molar-refractivity contribution in [2.24, 2.45) is 0 Å². The number of hydrogen-bond acceptors (Lipinski definition) is 3. The molecule has 0 spiro atoms. The van der Waals surface area contributed by atoms with Gasteiger partial charge in [-0.3, -0.25) is 4.79 Å². The van der Waals surface area contributed by atoms with Crippen LogP contribution in [0.15, 0.2) is 0 Å². The molecule has 0 aromatic rings. The van der Waals surface area contributed by atoms with Crippen molar-refractivity contribution < 1.29 is 9.90 Å². The van der Waals surface area contributed by atoms with Crippen molar-refractivity contribution in [2.75, 3.05) is 19.6 Å². The number of aliphatic hydroxyl groups is 1. The Labute approximate surface area is 85.3 Å². The van der Waals surface area contributed by atoms with Crippen LogP contribution in [-0.4, -0.2) is 47.7 Å². The predicted octanol–water partition coefficient (Wildman–Crippen LogP) is -0.0323. The van der Waals surface area contributed by atoms with E-state index in [1.165, 1.54) is 0 Å². The molecule has 0 saturated carbocycles. The molecule has 1 aliphatic heterocycles. The molecule has 2 N–H and O–H groups in total. The van der Waals surface area contributed by atoms with Gasteiger partial charge in [0.05, 0.1) is 6.10 Å². The largest absolute Gasteiger partial charge is 0.392 e. The molecule has 82 valence electrons. The Morgan fingerprint density at radius 3 is 2.86 bits per heavy atom. The van der Waals surface area contributed by atoms with Gasteiger partial charge in [0.1, 0.15) is 0 Å². The molecular weight excluding hydrogens is 180 g/mol. The van der Waals surface area contributed by atoms with Crippen molar-refractivity contribution in [2.45, 2.75) is 38.8 Å². The van der Waals surface area contributed by atoms with Gasteiger partial charge < -0.3 is 15.3 Å². The van der Waals surface area contributed by atoms with E-state index < -0.39 is 0 Å². The Bertz CT molecular complexity index is 195. The average Bonchev–Trinajstić information content (AvgIpc) is 2.47. The van der Waals surface area contributed by atoms with Gasteiger partial charge in [-0.25, -0.2) is 0 Å². The zero-order chi connectivity index (χ0) is 10.6. The van der Waals surface area contributed by atoms with Gasteiger partial charge in [-0.1, -0.05) is 0 Å². The third kappa shape index (κ3) is 4.07. The second kappa shape index (κ2) is 5.32. The lowest BCUT2D eigenvalue weighted by molar-refractivity contribution is -0.121. The van der Waals surface area contributed by atoms with Crippen molar-refractivity contribution in [3.05, 3.63) is 0 Å². The first kappa shape index (κ1) is 11.5. The molecule has 1 atom stereocenters. The molecule has 14 heavy (non-hydrogen) atoms.